The third kappa shape index (κ3) is 4.88. The van der Waals surface area contributed by atoms with Crippen LogP contribution in [0.1, 0.15) is 37.7 Å². The molecule has 0 atom stereocenters. The molecule has 170 valence electrons. The Labute approximate surface area is 198 Å². The summed E-state index contributed by atoms with van der Waals surface area (Å²) in [7, 11) is 0. The lowest BCUT2D eigenvalue weighted by Gasteiger charge is -2.29. The molecule has 4 rings (SSSR count). The highest BCUT2D eigenvalue weighted by atomic mass is 32.2. The summed E-state index contributed by atoms with van der Waals surface area (Å²) in [5.74, 6) is -0.00777. The number of rotatable bonds is 6. The van der Waals surface area contributed by atoms with E-state index in [-0.39, 0.29) is 23.4 Å². The number of hydrogen-bond acceptors (Lipinski definition) is 8. The van der Waals surface area contributed by atoms with Gasteiger partial charge in [0.1, 0.15) is 10.1 Å². The summed E-state index contributed by atoms with van der Waals surface area (Å²) in [6.45, 7) is 0. The number of carbonyl (C=O) groups is 1. The van der Waals surface area contributed by atoms with Crippen molar-refractivity contribution in [1.29, 1.82) is 0 Å². The number of benzene rings is 2. The van der Waals surface area contributed by atoms with Crippen LogP contribution in [0, 0.1) is 20.2 Å². The van der Waals surface area contributed by atoms with Crippen molar-refractivity contribution in [3.63, 3.8) is 0 Å². The van der Waals surface area contributed by atoms with E-state index in [0.29, 0.717) is 14.8 Å². The van der Waals surface area contributed by atoms with Crippen LogP contribution in [0.15, 0.2) is 47.4 Å². The summed E-state index contributed by atoms with van der Waals surface area (Å²) >= 11 is 6.70. The average molecular weight is 486 g/mol. The number of nitro groups is 2. The minimum absolute atomic E-state index is 0.117. The van der Waals surface area contributed by atoms with E-state index in [1.54, 1.807) is 35.2 Å². The number of nitrogens with zero attached hydrogens (tertiary/aromatic N) is 3. The summed E-state index contributed by atoms with van der Waals surface area (Å²) in [4.78, 5) is 36.2. The molecule has 0 unspecified atom stereocenters. The Balaban J connectivity index is 1.63. The molecule has 0 radical (unpaired) electrons. The molecule has 0 N–H and O–H groups in total. The molecule has 0 aromatic heterocycles. The number of non-ortho nitro benzene ring substituents is 1. The molecule has 1 aliphatic carbocycles. The standard InChI is InChI=1S/C22H19N3O6S2/c26-21-20(33-22(32)23(21)15-7-2-1-3-8-15)12-14-6-4-5-9-18(14)31-19-11-10-16(24(27)28)13-17(19)25(29)30/h4-6,9-13,15H,1-3,7-8H2/b20-12-. The van der Waals surface area contributed by atoms with Gasteiger partial charge in [-0.15, -0.1) is 0 Å². The molecule has 2 aromatic carbocycles. The van der Waals surface area contributed by atoms with E-state index in [9.17, 15) is 25.0 Å². The molecule has 1 heterocycles. The molecule has 0 spiro atoms. The van der Waals surface area contributed by atoms with Crippen LogP contribution in [0.5, 0.6) is 11.5 Å². The van der Waals surface area contributed by atoms with Crippen LogP contribution in [-0.2, 0) is 4.79 Å². The number of para-hydroxylation sites is 1. The van der Waals surface area contributed by atoms with Gasteiger partial charge in [0.15, 0.2) is 0 Å². The second-order valence-corrected chi connectivity index (χ2v) is 9.33. The van der Waals surface area contributed by atoms with Crippen molar-refractivity contribution in [3.05, 3.63) is 73.2 Å². The first-order valence-corrected chi connectivity index (χ1v) is 11.5. The normalized spacial score (nSPS) is 18.1. The van der Waals surface area contributed by atoms with Crippen LogP contribution in [0.3, 0.4) is 0 Å². The predicted molar refractivity (Wildman–Crippen MR) is 128 cm³/mol. The zero-order valence-corrected chi connectivity index (χ0v) is 19.0. The van der Waals surface area contributed by atoms with Gasteiger partial charge in [0.2, 0.25) is 5.75 Å². The fraction of sp³-hybridized carbons (Fsp3) is 0.273. The molecule has 0 bridgehead atoms. The molecule has 2 fully saturated rings. The number of thiocarbonyl (C=S) groups is 1. The van der Waals surface area contributed by atoms with E-state index in [2.05, 4.69) is 0 Å². The summed E-state index contributed by atoms with van der Waals surface area (Å²) in [6, 6.07) is 10.1. The monoisotopic (exact) mass is 485 g/mol. The summed E-state index contributed by atoms with van der Waals surface area (Å²) < 4.78 is 6.31. The highest BCUT2D eigenvalue weighted by Gasteiger charge is 2.37. The van der Waals surface area contributed by atoms with Crippen molar-refractivity contribution >= 4 is 51.7 Å². The summed E-state index contributed by atoms with van der Waals surface area (Å²) in [5, 5.41) is 22.4. The third-order valence-corrected chi connectivity index (χ3v) is 6.87. The SMILES string of the molecule is O=C1/C(=C/c2ccccc2Oc2ccc([N+](=O)[O-])cc2[N+](=O)[O-])SC(=S)N1C1CCCCC1. The Kier molecular flexibility index (Phi) is 6.70. The number of nitro benzene ring substituents is 2. The van der Waals surface area contributed by atoms with Crippen LogP contribution in [-0.4, -0.2) is 31.0 Å². The fourth-order valence-corrected chi connectivity index (χ4v) is 5.33. The summed E-state index contributed by atoms with van der Waals surface area (Å²) in [5.41, 5.74) is -0.398. The zero-order valence-electron chi connectivity index (χ0n) is 17.3. The van der Waals surface area contributed by atoms with Gasteiger partial charge in [-0.2, -0.15) is 0 Å². The fourth-order valence-electron chi connectivity index (χ4n) is 3.93. The Bertz CT molecular complexity index is 1180. The van der Waals surface area contributed by atoms with E-state index in [1.807, 2.05) is 0 Å². The van der Waals surface area contributed by atoms with E-state index in [1.165, 1.54) is 24.2 Å². The van der Waals surface area contributed by atoms with E-state index in [0.717, 1.165) is 37.8 Å². The molecule has 1 aliphatic heterocycles. The van der Waals surface area contributed by atoms with E-state index < -0.39 is 21.2 Å². The molecule has 9 nitrogen and oxygen atoms in total. The minimum Gasteiger partial charge on any atom is -0.449 e. The lowest BCUT2D eigenvalue weighted by atomic mass is 9.94. The highest BCUT2D eigenvalue weighted by Crippen LogP contribution is 2.40. The Hall–Kier alpha value is -3.31. The largest absolute Gasteiger partial charge is 0.449 e. The smallest absolute Gasteiger partial charge is 0.318 e. The second kappa shape index (κ2) is 9.67. The predicted octanol–water partition coefficient (Wildman–Crippen LogP) is 5.83. The van der Waals surface area contributed by atoms with Crippen molar-refractivity contribution in [2.75, 3.05) is 0 Å². The number of ether oxygens (including phenoxy) is 1. The Morgan fingerprint density at radius 1 is 1.03 bits per heavy atom. The molecular weight excluding hydrogens is 466 g/mol. The maximum atomic E-state index is 13.1. The van der Waals surface area contributed by atoms with Crippen molar-refractivity contribution in [2.24, 2.45) is 0 Å². The van der Waals surface area contributed by atoms with Gasteiger partial charge >= 0.3 is 5.69 Å². The lowest BCUT2D eigenvalue weighted by molar-refractivity contribution is -0.394. The van der Waals surface area contributed by atoms with Crippen LogP contribution in [0.2, 0.25) is 0 Å². The van der Waals surface area contributed by atoms with Crippen molar-refractivity contribution in [2.45, 2.75) is 38.1 Å². The maximum absolute atomic E-state index is 13.1. The van der Waals surface area contributed by atoms with Gasteiger partial charge in [-0.05, 0) is 31.1 Å². The summed E-state index contributed by atoms with van der Waals surface area (Å²) in [6.07, 6.45) is 6.85. The van der Waals surface area contributed by atoms with Gasteiger partial charge in [0, 0.05) is 17.7 Å². The zero-order chi connectivity index (χ0) is 23.5. The minimum atomic E-state index is -0.736. The maximum Gasteiger partial charge on any atom is 0.318 e. The van der Waals surface area contributed by atoms with Gasteiger partial charge in [-0.1, -0.05) is 61.4 Å². The number of amides is 1. The first-order valence-electron chi connectivity index (χ1n) is 10.3. The Morgan fingerprint density at radius 3 is 2.45 bits per heavy atom. The third-order valence-electron chi connectivity index (χ3n) is 5.54. The molecule has 2 aromatic rings. The molecule has 1 amide bonds. The van der Waals surface area contributed by atoms with Crippen LogP contribution < -0.4 is 4.74 Å². The molecule has 1 saturated heterocycles. The van der Waals surface area contributed by atoms with Gasteiger partial charge in [0.05, 0.1) is 20.8 Å². The lowest BCUT2D eigenvalue weighted by Crippen LogP contribution is -2.39. The van der Waals surface area contributed by atoms with Gasteiger partial charge in [-0.25, -0.2) is 0 Å². The van der Waals surface area contributed by atoms with Crippen LogP contribution in [0.4, 0.5) is 11.4 Å². The quantitative estimate of drug-likeness (QED) is 0.217. The molecule has 1 saturated carbocycles. The first-order chi connectivity index (χ1) is 15.8. The molecule has 11 heteroatoms. The molecule has 2 aliphatic rings. The number of thioether (sulfide) groups is 1. The average Bonchev–Trinajstić information content (AvgIpc) is 3.08. The van der Waals surface area contributed by atoms with Crippen molar-refractivity contribution in [1.82, 2.24) is 4.90 Å². The van der Waals surface area contributed by atoms with E-state index in [4.69, 9.17) is 17.0 Å². The van der Waals surface area contributed by atoms with Crippen LogP contribution in [0.25, 0.3) is 6.08 Å². The van der Waals surface area contributed by atoms with Crippen LogP contribution >= 0.6 is 24.0 Å². The highest BCUT2D eigenvalue weighted by molar-refractivity contribution is 8.26. The number of carbonyl (C=O) groups excluding carboxylic acids is 1. The van der Waals surface area contributed by atoms with Crippen molar-refractivity contribution < 1.29 is 19.4 Å². The van der Waals surface area contributed by atoms with Gasteiger partial charge in [0.25, 0.3) is 11.6 Å². The molecule has 33 heavy (non-hydrogen) atoms. The second-order valence-electron chi connectivity index (χ2n) is 7.65. The Morgan fingerprint density at radius 2 is 1.76 bits per heavy atom. The number of hydrogen-bond donors (Lipinski definition) is 0. The van der Waals surface area contributed by atoms with Gasteiger partial charge < -0.3 is 4.74 Å². The molecular formula is C22H19N3O6S2. The van der Waals surface area contributed by atoms with Gasteiger partial charge in [-0.3, -0.25) is 29.9 Å². The van der Waals surface area contributed by atoms with Crippen molar-refractivity contribution in [3.8, 4) is 11.5 Å². The van der Waals surface area contributed by atoms with E-state index >= 15 is 0 Å². The topological polar surface area (TPSA) is 116 Å². The first kappa shape index (κ1) is 22.9.